The number of cyclic esters (lactones) is 1. The Balaban J connectivity index is 1.72. The summed E-state index contributed by atoms with van der Waals surface area (Å²) in [6.45, 7) is 11.8. The van der Waals surface area contributed by atoms with Gasteiger partial charge in [-0.3, -0.25) is 0 Å². The number of rotatable bonds is 10. The summed E-state index contributed by atoms with van der Waals surface area (Å²) >= 11 is 0. The normalized spacial score (nSPS) is 16.7. The molecular formula is C33H38N2O2. The number of aryl methyl sites for hydroxylation is 1. The fourth-order valence-electron chi connectivity index (χ4n) is 6.02. The van der Waals surface area contributed by atoms with Crippen LogP contribution in [0.15, 0.2) is 72.8 Å². The van der Waals surface area contributed by atoms with Crippen LogP contribution in [0.1, 0.15) is 79.2 Å². The number of para-hydroxylation sites is 1. The Morgan fingerprint density at radius 2 is 1.49 bits per heavy atom. The summed E-state index contributed by atoms with van der Waals surface area (Å²) in [6, 6.07) is 25.1. The summed E-state index contributed by atoms with van der Waals surface area (Å²) in [6.07, 6.45) is 4.71. The predicted octanol–water partition coefficient (Wildman–Crippen LogP) is 7.84. The highest BCUT2D eigenvalue weighted by molar-refractivity contribution is 5.98. The third-order valence-electron chi connectivity index (χ3n) is 7.87. The van der Waals surface area contributed by atoms with Gasteiger partial charge in [-0.25, -0.2) is 4.79 Å². The Kier molecular flexibility index (Phi) is 7.10. The van der Waals surface area contributed by atoms with Gasteiger partial charge in [0.05, 0.1) is 5.56 Å². The lowest BCUT2D eigenvalue weighted by Gasteiger charge is -2.32. The van der Waals surface area contributed by atoms with Crippen molar-refractivity contribution in [3.63, 3.8) is 0 Å². The Labute approximate surface area is 220 Å². The first-order chi connectivity index (χ1) is 18.1. The van der Waals surface area contributed by atoms with Crippen LogP contribution in [0.5, 0.6) is 0 Å². The number of benzene rings is 3. The van der Waals surface area contributed by atoms with Gasteiger partial charge in [-0.15, -0.1) is 0 Å². The van der Waals surface area contributed by atoms with E-state index in [0.29, 0.717) is 5.56 Å². The summed E-state index contributed by atoms with van der Waals surface area (Å²) < 4.78 is 8.83. The van der Waals surface area contributed by atoms with Crippen molar-refractivity contribution in [2.45, 2.75) is 65.5 Å². The predicted molar refractivity (Wildman–Crippen MR) is 153 cm³/mol. The molecule has 2 heterocycles. The lowest BCUT2D eigenvalue weighted by atomic mass is 9.78. The van der Waals surface area contributed by atoms with E-state index in [4.69, 9.17) is 4.74 Å². The van der Waals surface area contributed by atoms with Gasteiger partial charge in [0.15, 0.2) is 5.60 Å². The minimum Gasteiger partial charge on any atom is -0.440 e. The Morgan fingerprint density at radius 3 is 2.16 bits per heavy atom. The van der Waals surface area contributed by atoms with E-state index in [1.165, 1.54) is 36.9 Å². The molecule has 1 aliphatic rings. The molecule has 1 unspecified atom stereocenters. The zero-order chi connectivity index (χ0) is 26.0. The third kappa shape index (κ3) is 4.13. The molecule has 0 spiro atoms. The molecular weight excluding hydrogens is 456 g/mol. The van der Waals surface area contributed by atoms with Crippen LogP contribution in [0.2, 0.25) is 0 Å². The lowest BCUT2D eigenvalue weighted by molar-refractivity contribution is 0.0253. The van der Waals surface area contributed by atoms with Crippen LogP contribution in [0.4, 0.5) is 5.69 Å². The molecule has 0 radical (unpaired) electrons. The fourth-order valence-corrected chi connectivity index (χ4v) is 6.02. The molecule has 0 bridgehead atoms. The molecule has 192 valence electrons. The summed E-state index contributed by atoms with van der Waals surface area (Å²) in [4.78, 5) is 15.8. The molecule has 4 aromatic rings. The van der Waals surface area contributed by atoms with Crippen molar-refractivity contribution in [2.75, 3.05) is 18.0 Å². The first kappa shape index (κ1) is 25.1. The SMILES string of the molecule is CCCCN(CCCC)c1ccc(C2(c3c(C)n(CC)c4ccccc34)OC(=O)c3ccccc32)cc1. The van der Waals surface area contributed by atoms with Crippen LogP contribution >= 0.6 is 0 Å². The monoisotopic (exact) mass is 494 g/mol. The number of hydrogen-bond acceptors (Lipinski definition) is 3. The van der Waals surface area contributed by atoms with Gasteiger partial charge < -0.3 is 14.2 Å². The molecule has 0 saturated carbocycles. The summed E-state index contributed by atoms with van der Waals surface area (Å²) in [5.74, 6) is -0.264. The highest BCUT2D eigenvalue weighted by atomic mass is 16.6. The maximum Gasteiger partial charge on any atom is 0.340 e. The molecule has 0 fully saturated rings. The number of fused-ring (bicyclic) bond motifs is 2. The maximum atomic E-state index is 13.3. The van der Waals surface area contributed by atoms with Crippen LogP contribution in [-0.2, 0) is 16.9 Å². The highest BCUT2D eigenvalue weighted by Gasteiger charge is 2.50. The van der Waals surface area contributed by atoms with Gasteiger partial charge in [-0.1, -0.05) is 75.2 Å². The minimum atomic E-state index is -0.992. The smallest absolute Gasteiger partial charge is 0.340 e. The molecule has 0 aliphatic carbocycles. The number of aromatic nitrogens is 1. The second-order valence-corrected chi connectivity index (χ2v) is 10.1. The number of carbonyl (C=O) groups is 1. The van der Waals surface area contributed by atoms with Crippen molar-refractivity contribution in [2.24, 2.45) is 0 Å². The number of esters is 1. The number of anilines is 1. The van der Waals surface area contributed by atoms with Crippen LogP contribution < -0.4 is 4.90 Å². The zero-order valence-corrected chi connectivity index (χ0v) is 22.6. The number of ether oxygens (including phenoxy) is 1. The zero-order valence-electron chi connectivity index (χ0n) is 22.6. The minimum absolute atomic E-state index is 0.264. The van der Waals surface area contributed by atoms with Gasteiger partial charge >= 0.3 is 5.97 Å². The van der Waals surface area contributed by atoms with Crippen LogP contribution in [0.25, 0.3) is 10.9 Å². The first-order valence-electron chi connectivity index (χ1n) is 13.8. The highest BCUT2D eigenvalue weighted by Crippen LogP contribution is 2.51. The van der Waals surface area contributed by atoms with Gasteiger partial charge in [-0.2, -0.15) is 0 Å². The van der Waals surface area contributed by atoms with Crippen molar-refractivity contribution in [1.82, 2.24) is 4.57 Å². The van der Waals surface area contributed by atoms with Gasteiger partial charge in [0, 0.05) is 58.6 Å². The van der Waals surface area contributed by atoms with Crippen molar-refractivity contribution < 1.29 is 9.53 Å². The molecule has 0 amide bonds. The summed E-state index contributed by atoms with van der Waals surface area (Å²) in [5, 5.41) is 1.13. The number of carbonyl (C=O) groups excluding carboxylic acids is 1. The molecule has 1 aromatic heterocycles. The number of nitrogens with zero attached hydrogens (tertiary/aromatic N) is 2. The van der Waals surface area contributed by atoms with Crippen molar-refractivity contribution >= 4 is 22.6 Å². The number of hydrogen-bond donors (Lipinski definition) is 0. The molecule has 3 aromatic carbocycles. The average Bonchev–Trinajstić information content (AvgIpc) is 3.39. The largest absolute Gasteiger partial charge is 0.440 e. The summed E-state index contributed by atoms with van der Waals surface area (Å²) in [5.41, 5.74) is 6.15. The van der Waals surface area contributed by atoms with Gasteiger partial charge in [0.1, 0.15) is 0 Å². The lowest BCUT2D eigenvalue weighted by Crippen LogP contribution is -2.31. The van der Waals surface area contributed by atoms with E-state index in [-0.39, 0.29) is 5.97 Å². The van der Waals surface area contributed by atoms with E-state index in [1.54, 1.807) is 0 Å². The Bertz CT molecular complexity index is 1390. The Hall–Kier alpha value is -3.53. The molecule has 1 aliphatic heterocycles. The number of unbranched alkanes of at least 4 members (excludes halogenated alkanes) is 2. The first-order valence-corrected chi connectivity index (χ1v) is 13.8. The maximum absolute atomic E-state index is 13.3. The van der Waals surface area contributed by atoms with Crippen molar-refractivity contribution in [3.8, 4) is 0 Å². The topological polar surface area (TPSA) is 34.5 Å². The van der Waals surface area contributed by atoms with E-state index in [2.05, 4.69) is 91.8 Å². The molecule has 4 nitrogen and oxygen atoms in total. The van der Waals surface area contributed by atoms with Gasteiger partial charge in [0.25, 0.3) is 0 Å². The van der Waals surface area contributed by atoms with Crippen LogP contribution in [-0.4, -0.2) is 23.6 Å². The van der Waals surface area contributed by atoms with Crippen molar-refractivity contribution in [3.05, 3.63) is 101 Å². The Morgan fingerprint density at radius 1 is 0.838 bits per heavy atom. The second kappa shape index (κ2) is 10.5. The van der Waals surface area contributed by atoms with E-state index >= 15 is 0 Å². The quantitative estimate of drug-likeness (QED) is 0.211. The van der Waals surface area contributed by atoms with E-state index in [9.17, 15) is 4.79 Å². The molecule has 0 saturated heterocycles. The standard InChI is InChI=1S/C33H38N2O2/c1-5-8-22-34(23-9-6-2)26-20-18-25(19-21-26)33(29-16-12-10-14-27(29)32(36)37-33)31-24(4)35(7-3)30-17-13-11-15-28(30)31/h10-21H,5-9,22-23H2,1-4H3. The van der Waals surface area contributed by atoms with E-state index in [0.717, 1.165) is 47.4 Å². The average molecular weight is 495 g/mol. The van der Waals surface area contributed by atoms with Gasteiger partial charge in [0.2, 0.25) is 0 Å². The molecule has 1 atom stereocenters. The van der Waals surface area contributed by atoms with Gasteiger partial charge in [-0.05, 0) is 51.0 Å². The fraction of sp³-hybridized carbons (Fsp3) is 0.364. The molecule has 37 heavy (non-hydrogen) atoms. The van der Waals surface area contributed by atoms with Crippen LogP contribution in [0.3, 0.4) is 0 Å². The molecule has 5 rings (SSSR count). The molecule has 0 N–H and O–H groups in total. The second-order valence-electron chi connectivity index (χ2n) is 10.1. The van der Waals surface area contributed by atoms with E-state index in [1.807, 2.05) is 18.2 Å². The third-order valence-corrected chi connectivity index (χ3v) is 7.87. The van der Waals surface area contributed by atoms with Crippen LogP contribution in [0, 0.1) is 6.92 Å². The summed E-state index contributed by atoms with van der Waals surface area (Å²) in [7, 11) is 0. The van der Waals surface area contributed by atoms with E-state index < -0.39 is 5.60 Å². The van der Waals surface area contributed by atoms with Crippen molar-refractivity contribution in [1.29, 1.82) is 0 Å². The molecule has 4 heteroatoms.